The van der Waals surface area contributed by atoms with E-state index in [1.165, 1.54) is 32.1 Å². The fourth-order valence-corrected chi connectivity index (χ4v) is 2.49. The van der Waals surface area contributed by atoms with E-state index >= 15 is 0 Å². The smallest absolute Gasteiger partial charge is 0.0576 e. The lowest BCUT2D eigenvalue weighted by Crippen LogP contribution is -2.37. The van der Waals surface area contributed by atoms with Gasteiger partial charge in [-0.05, 0) is 50.0 Å². The summed E-state index contributed by atoms with van der Waals surface area (Å²) in [4.78, 5) is 0. The average molecular weight is 241 g/mol. The van der Waals surface area contributed by atoms with E-state index in [4.69, 9.17) is 4.74 Å². The second-order valence-electron chi connectivity index (χ2n) is 6.16. The molecule has 1 aliphatic rings. The molecule has 2 nitrogen and oxygen atoms in total. The average Bonchev–Trinajstić information content (AvgIpc) is 2.79. The number of ether oxygens (including phenoxy) is 1. The van der Waals surface area contributed by atoms with Crippen molar-refractivity contribution in [3.63, 3.8) is 0 Å². The summed E-state index contributed by atoms with van der Waals surface area (Å²) in [6.45, 7) is 12.6. The van der Waals surface area contributed by atoms with Crippen LogP contribution >= 0.6 is 0 Å². The minimum Gasteiger partial charge on any atom is -0.378 e. The molecule has 0 spiro atoms. The van der Waals surface area contributed by atoms with E-state index in [-0.39, 0.29) is 0 Å². The molecule has 17 heavy (non-hydrogen) atoms. The highest BCUT2D eigenvalue weighted by atomic mass is 16.5. The molecule has 0 amide bonds. The molecule has 1 saturated heterocycles. The Morgan fingerprint density at radius 3 is 2.71 bits per heavy atom. The van der Waals surface area contributed by atoms with Crippen LogP contribution in [0.1, 0.15) is 59.8 Å². The standard InChI is InChI=1S/C15H31NO/c1-5-10-16-12-15(4,13(2)3)9-8-14-7-6-11-17-14/h13-14,16H,5-12H2,1-4H3. The molecule has 2 unspecified atom stereocenters. The van der Waals surface area contributed by atoms with Crippen molar-refractivity contribution in [3.8, 4) is 0 Å². The topological polar surface area (TPSA) is 21.3 Å². The van der Waals surface area contributed by atoms with Gasteiger partial charge >= 0.3 is 0 Å². The first-order chi connectivity index (χ1) is 8.08. The lowest BCUT2D eigenvalue weighted by Gasteiger charge is -2.35. The first-order valence-electron chi connectivity index (χ1n) is 7.41. The van der Waals surface area contributed by atoms with Gasteiger partial charge in [0, 0.05) is 13.2 Å². The lowest BCUT2D eigenvalue weighted by atomic mass is 9.74. The van der Waals surface area contributed by atoms with Crippen LogP contribution in [0.2, 0.25) is 0 Å². The van der Waals surface area contributed by atoms with Crippen LogP contribution in [0.4, 0.5) is 0 Å². The van der Waals surface area contributed by atoms with Crippen molar-refractivity contribution in [1.29, 1.82) is 0 Å². The van der Waals surface area contributed by atoms with Crippen LogP contribution in [-0.2, 0) is 4.74 Å². The molecular weight excluding hydrogens is 210 g/mol. The van der Waals surface area contributed by atoms with E-state index in [0.717, 1.165) is 25.6 Å². The molecule has 1 rings (SSSR count). The Labute approximate surface area is 108 Å². The minimum atomic E-state index is 0.418. The largest absolute Gasteiger partial charge is 0.378 e. The molecule has 0 bridgehead atoms. The van der Waals surface area contributed by atoms with E-state index in [2.05, 4.69) is 33.0 Å². The van der Waals surface area contributed by atoms with Crippen LogP contribution in [0.3, 0.4) is 0 Å². The zero-order valence-corrected chi connectivity index (χ0v) is 12.2. The Morgan fingerprint density at radius 2 is 2.18 bits per heavy atom. The number of hydrogen-bond acceptors (Lipinski definition) is 2. The zero-order chi connectivity index (χ0) is 12.7. The number of hydrogen-bond donors (Lipinski definition) is 1. The molecule has 1 N–H and O–H groups in total. The summed E-state index contributed by atoms with van der Waals surface area (Å²) in [5.74, 6) is 0.730. The van der Waals surface area contributed by atoms with E-state index < -0.39 is 0 Å². The van der Waals surface area contributed by atoms with E-state index in [9.17, 15) is 0 Å². The van der Waals surface area contributed by atoms with Gasteiger partial charge in [-0.15, -0.1) is 0 Å². The van der Waals surface area contributed by atoms with Crippen molar-refractivity contribution in [2.45, 2.75) is 65.9 Å². The lowest BCUT2D eigenvalue weighted by molar-refractivity contribution is 0.0799. The highest BCUT2D eigenvalue weighted by molar-refractivity contribution is 4.82. The second kappa shape index (κ2) is 7.38. The van der Waals surface area contributed by atoms with Crippen molar-refractivity contribution in [1.82, 2.24) is 5.32 Å². The highest BCUT2D eigenvalue weighted by Crippen LogP contribution is 2.33. The van der Waals surface area contributed by atoms with Crippen molar-refractivity contribution < 1.29 is 4.74 Å². The Hall–Kier alpha value is -0.0800. The van der Waals surface area contributed by atoms with Gasteiger partial charge in [0.2, 0.25) is 0 Å². The molecule has 0 aromatic rings. The van der Waals surface area contributed by atoms with Crippen LogP contribution in [0.15, 0.2) is 0 Å². The van der Waals surface area contributed by atoms with Crippen LogP contribution in [0.5, 0.6) is 0 Å². The van der Waals surface area contributed by atoms with Crippen LogP contribution < -0.4 is 5.32 Å². The molecule has 2 atom stereocenters. The Morgan fingerprint density at radius 1 is 1.41 bits per heavy atom. The Balaban J connectivity index is 2.34. The van der Waals surface area contributed by atoms with Gasteiger partial charge in [-0.25, -0.2) is 0 Å². The maximum atomic E-state index is 5.73. The molecule has 102 valence electrons. The molecule has 1 aliphatic heterocycles. The maximum Gasteiger partial charge on any atom is 0.0576 e. The van der Waals surface area contributed by atoms with E-state index in [0.29, 0.717) is 11.5 Å². The summed E-state index contributed by atoms with van der Waals surface area (Å²) in [5.41, 5.74) is 0.418. The first kappa shape index (κ1) is 15.0. The molecule has 0 aromatic heterocycles. The van der Waals surface area contributed by atoms with Crippen molar-refractivity contribution in [2.24, 2.45) is 11.3 Å². The summed E-state index contributed by atoms with van der Waals surface area (Å²) in [6.07, 6.45) is 6.82. The fraction of sp³-hybridized carbons (Fsp3) is 1.00. The number of nitrogens with one attached hydrogen (secondary N) is 1. The normalized spacial score (nSPS) is 24.2. The summed E-state index contributed by atoms with van der Waals surface area (Å²) < 4.78 is 5.73. The van der Waals surface area contributed by atoms with Crippen LogP contribution in [-0.4, -0.2) is 25.8 Å². The van der Waals surface area contributed by atoms with Gasteiger partial charge in [0.05, 0.1) is 6.10 Å². The first-order valence-corrected chi connectivity index (χ1v) is 7.41. The van der Waals surface area contributed by atoms with Crippen molar-refractivity contribution >= 4 is 0 Å². The molecule has 1 heterocycles. The van der Waals surface area contributed by atoms with E-state index in [1.54, 1.807) is 0 Å². The van der Waals surface area contributed by atoms with Gasteiger partial charge in [0.15, 0.2) is 0 Å². The Bertz CT molecular complexity index is 199. The third kappa shape index (κ3) is 4.97. The zero-order valence-electron chi connectivity index (χ0n) is 12.2. The third-order valence-corrected chi connectivity index (χ3v) is 4.41. The van der Waals surface area contributed by atoms with E-state index in [1.807, 2.05) is 0 Å². The summed E-state index contributed by atoms with van der Waals surface area (Å²) in [5, 5.41) is 3.59. The van der Waals surface area contributed by atoms with Crippen LogP contribution in [0, 0.1) is 11.3 Å². The second-order valence-corrected chi connectivity index (χ2v) is 6.16. The van der Waals surface area contributed by atoms with Gasteiger partial charge < -0.3 is 10.1 Å². The maximum absolute atomic E-state index is 5.73. The van der Waals surface area contributed by atoms with Gasteiger partial charge in [-0.3, -0.25) is 0 Å². The third-order valence-electron chi connectivity index (χ3n) is 4.41. The molecule has 0 aliphatic carbocycles. The van der Waals surface area contributed by atoms with Gasteiger partial charge in [-0.1, -0.05) is 27.7 Å². The highest BCUT2D eigenvalue weighted by Gasteiger charge is 2.29. The minimum absolute atomic E-state index is 0.418. The molecule has 2 heteroatoms. The fourth-order valence-electron chi connectivity index (χ4n) is 2.49. The predicted molar refractivity (Wildman–Crippen MR) is 74.3 cm³/mol. The number of rotatable bonds is 8. The predicted octanol–water partition coefficient (Wildman–Crippen LogP) is 3.61. The van der Waals surface area contributed by atoms with Gasteiger partial charge in [-0.2, -0.15) is 0 Å². The van der Waals surface area contributed by atoms with Gasteiger partial charge in [0.1, 0.15) is 0 Å². The summed E-state index contributed by atoms with van der Waals surface area (Å²) >= 11 is 0. The van der Waals surface area contributed by atoms with Crippen molar-refractivity contribution in [3.05, 3.63) is 0 Å². The molecular formula is C15H31NO. The summed E-state index contributed by atoms with van der Waals surface area (Å²) in [7, 11) is 0. The quantitative estimate of drug-likeness (QED) is 0.656. The Kier molecular flexibility index (Phi) is 6.50. The molecule has 1 fully saturated rings. The van der Waals surface area contributed by atoms with Crippen molar-refractivity contribution in [2.75, 3.05) is 19.7 Å². The molecule has 0 radical (unpaired) electrons. The van der Waals surface area contributed by atoms with Crippen LogP contribution in [0.25, 0.3) is 0 Å². The summed E-state index contributed by atoms with van der Waals surface area (Å²) in [6, 6.07) is 0. The monoisotopic (exact) mass is 241 g/mol. The molecule has 0 aromatic carbocycles. The molecule has 0 saturated carbocycles. The SMILES string of the molecule is CCCNCC(C)(CCC1CCCO1)C(C)C. The van der Waals surface area contributed by atoms with Gasteiger partial charge in [0.25, 0.3) is 0 Å².